The first-order chi connectivity index (χ1) is 12.4. The molecule has 1 unspecified atom stereocenters. The summed E-state index contributed by atoms with van der Waals surface area (Å²) in [6, 6.07) is 9.90. The molecule has 1 aliphatic heterocycles. The lowest BCUT2D eigenvalue weighted by molar-refractivity contribution is 0.148. The lowest BCUT2D eigenvalue weighted by Crippen LogP contribution is -2.34. The van der Waals surface area contributed by atoms with Gasteiger partial charge in [0.25, 0.3) is 10.0 Å². The first-order valence-corrected chi connectivity index (χ1v) is 10.8. The summed E-state index contributed by atoms with van der Waals surface area (Å²) >= 11 is 3.34. The Morgan fingerprint density at radius 1 is 1.35 bits per heavy atom. The van der Waals surface area contributed by atoms with Crippen molar-refractivity contribution in [2.75, 3.05) is 31.5 Å². The zero-order chi connectivity index (χ0) is 18.6. The van der Waals surface area contributed by atoms with Crippen LogP contribution >= 0.6 is 15.9 Å². The van der Waals surface area contributed by atoms with Crippen LogP contribution in [0.15, 0.2) is 52.0 Å². The van der Waals surface area contributed by atoms with Crippen molar-refractivity contribution in [1.82, 2.24) is 9.88 Å². The van der Waals surface area contributed by atoms with Gasteiger partial charge in [0.05, 0.1) is 11.5 Å². The number of sulfonamides is 1. The number of benzene rings is 1. The van der Waals surface area contributed by atoms with Gasteiger partial charge >= 0.3 is 0 Å². The number of aromatic nitrogens is 1. The Hall–Kier alpha value is -1.64. The Kier molecular flexibility index (Phi) is 6.16. The molecule has 0 amide bonds. The van der Waals surface area contributed by atoms with E-state index < -0.39 is 10.0 Å². The van der Waals surface area contributed by atoms with E-state index in [1.165, 1.54) is 0 Å². The van der Waals surface area contributed by atoms with Crippen LogP contribution in [0.1, 0.15) is 12.8 Å². The summed E-state index contributed by atoms with van der Waals surface area (Å²) in [4.78, 5) is 6.73. The molecule has 0 saturated carbocycles. The highest BCUT2D eigenvalue weighted by atomic mass is 79.9. The van der Waals surface area contributed by atoms with Gasteiger partial charge in [0.2, 0.25) is 5.88 Å². The van der Waals surface area contributed by atoms with Crippen molar-refractivity contribution in [3.05, 3.63) is 47.1 Å². The fourth-order valence-electron chi connectivity index (χ4n) is 3.02. The van der Waals surface area contributed by atoms with Crippen molar-refractivity contribution < 1.29 is 13.2 Å². The molecule has 26 heavy (non-hydrogen) atoms. The van der Waals surface area contributed by atoms with Gasteiger partial charge in [-0.05, 0) is 60.6 Å². The van der Waals surface area contributed by atoms with Crippen molar-refractivity contribution in [3.63, 3.8) is 0 Å². The van der Waals surface area contributed by atoms with Crippen LogP contribution in [0, 0.1) is 5.92 Å². The maximum absolute atomic E-state index is 12.6. The van der Waals surface area contributed by atoms with Gasteiger partial charge in [-0.3, -0.25) is 4.72 Å². The molecule has 8 heteroatoms. The van der Waals surface area contributed by atoms with Gasteiger partial charge < -0.3 is 9.64 Å². The summed E-state index contributed by atoms with van der Waals surface area (Å²) in [6.07, 6.45) is 3.85. The minimum atomic E-state index is -3.70. The first kappa shape index (κ1) is 19.1. The van der Waals surface area contributed by atoms with Gasteiger partial charge in [-0.1, -0.05) is 18.2 Å². The number of piperidine rings is 1. The van der Waals surface area contributed by atoms with Crippen LogP contribution in [-0.2, 0) is 10.0 Å². The van der Waals surface area contributed by atoms with Crippen molar-refractivity contribution >= 4 is 31.6 Å². The van der Waals surface area contributed by atoms with E-state index in [0.29, 0.717) is 28.6 Å². The summed E-state index contributed by atoms with van der Waals surface area (Å²) in [5, 5.41) is 0. The number of hydrogen-bond donors (Lipinski definition) is 1. The summed E-state index contributed by atoms with van der Waals surface area (Å²) in [7, 11) is -1.60. The molecule has 1 saturated heterocycles. The summed E-state index contributed by atoms with van der Waals surface area (Å²) in [6.45, 7) is 2.59. The van der Waals surface area contributed by atoms with E-state index in [9.17, 15) is 8.42 Å². The highest BCUT2D eigenvalue weighted by Crippen LogP contribution is 2.29. The van der Waals surface area contributed by atoms with Gasteiger partial charge in [0.15, 0.2) is 0 Å². The number of nitrogens with one attached hydrogen (secondary N) is 1. The molecule has 1 N–H and O–H groups in total. The van der Waals surface area contributed by atoms with Crippen LogP contribution in [0.2, 0.25) is 0 Å². The predicted octanol–water partition coefficient (Wildman–Crippen LogP) is 3.37. The second-order valence-electron chi connectivity index (χ2n) is 6.51. The molecular formula is C18H22BrN3O3S. The molecular weight excluding hydrogens is 418 g/mol. The van der Waals surface area contributed by atoms with E-state index in [2.05, 4.69) is 37.6 Å². The normalized spacial score (nSPS) is 18.5. The number of likely N-dealkylation sites (tertiary alicyclic amines) is 1. The zero-order valence-corrected chi connectivity index (χ0v) is 17.0. The molecule has 0 aliphatic carbocycles. The number of ether oxygens (including phenoxy) is 1. The van der Waals surface area contributed by atoms with E-state index >= 15 is 0 Å². The largest absolute Gasteiger partial charge is 0.476 e. The Labute approximate surface area is 162 Å². The molecule has 0 spiro atoms. The van der Waals surface area contributed by atoms with Gasteiger partial charge in [-0.2, -0.15) is 0 Å². The third kappa shape index (κ3) is 4.96. The average Bonchev–Trinajstić information content (AvgIpc) is 2.62. The van der Waals surface area contributed by atoms with Crippen molar-refractivity contribution in [2.45, 2.75) is 17.7 Å². The Balaban J connectivity index is 1.76. The maximum atomic E-state index is 12.6. The molecule has 6 nitrogen and oxygen atoms in total. The lowest BCUT2D eigenvalue weighted by Gasteiger charge is -2.29. The van der Waals surface area contributed by atoms with Gasteiger partial charge in [-0.15, -0.1) is 0 Å². The third-order valence-corrected chi connectivity index (χ3v) is 6.11. The smallest absolute Gasteiger partial charge is 0.262 e. The molecule has 0 bridgehead atoms. The second-order valence-corrected chi connectivity index (χ2v) is 9.10. The van der Waals surface area contributed by atoms with Gasteiger partial charge in [0.1, 0.15) is 5.69 Å². The zero-order valence-electron chi connectivity index (χ0n) is 14.6. The SMILES string of the molecule is CN1CCCC(COc2ncc(Br)cc2NS(=O)(=O)c2ccccc2)C1. The van der Waals surface area contributed by atoms with Crippen LogP contribution in [0.25, 0.3) is 0 Å². The maximum Gasteiger partial charge on any atom is 0.262 e. The number of hydrogen-bond acceptors (Lipinski definition) is 5. The van der Waals surface area contributed by atoms with Crippen LogP contribution in [0.3, 0.4) is 0 Å². The minimum absolute atomic E-state index is 0.194. The molecule has 1 atom stereocenters. The topological polar surface area (TPSA) is 71.5 Å². The fourth-order valence-corrected chi connectivity index (χ4v) is 4.42. The Bertz CT molecular complexity index is 846. The predicted molar refractivity (Wildman–Crippen MR) is 105 cm³/mol. The molecule has 3 rings (SSSR count). The molecule has 2 heterocycles. The molecule has 1 aliphatic rings. The number of anilines is 1. The number of nitrogens with zero attached hydrogens (tertiary/aromatic N) is 2. The fraction of sp³-hybridized carbons (Fsp3) is 0.389. The molecule has 0 radical (unpaired) electrons. The van der Waals surface area contributed by atoms with E-state index in [4.69, 9.17) is 4.74 Å². The molecule has 2 aromatic rings. The Morgan fingerprint density at radius 3 is 2.85 bits per heavy atom. The quantitative estimate of drug-likeness (QED) is 0.746. The van der Waals surface area contributed by atoms with Crippen LogP contribution in [-0.4, -0.2) is 45.0 Å². The first-order valence-electron chi connectivity index (χ1n) is 8.49. The van der Waals surface area contributed by atoms with E-state index in [0.717, 1.165) is 25.9 Å². The summed E-state index contributed by atoms with van der Waals surface area (Å²) in [5.41, 5.74) is 0.326. The monoisotopic (exact) mass is 439 g/mol. The standard InChI is InChI=1S/C18H22BrN3O3S/c1-22-9-5-6-14(12-22)13-25-18-17(10-15(19)11-20-18)21-26(23,24)16-7-3-2-4-8-16/h2-4,7-8,10-11,14,21H,5-6,9,12-13H2,1H3. The molecule has 1 fully saturated rings. The van der Waals surface area contributed by atoms with Crippen LogP contribution in [0.4, 0.5) is 5.69 Å². The van der Waals surface area contributed by atoms with E-state index in [1.54, 1.807) is 42.6 Å². The minimum Gasteiger partial charge on any atom is -0.476 e. The number of pyridine rings is 1. The van der Waals surface area contributed by atoms with Crippen LogP contribution in [0.5, 0.6) is 5.88 Å². The third-order valence-electron chi connectivity index (χ3n) is 4.29. The van der Waals surface area contributed by atoms with Crippen molar-refractivity contribution in [2.24, 2.45) is 5.92 Å². The van der Waals surface area contributed by atoms with Gasteiger partial charge in [0, 0.05) is 23.1 Å². The number of rotatable bonds is 6. The second kappa shape index (κ2) is 8.37. The average molecular weight is 440 g/mol. The highest BCUT2D eigenvalue weighted by molar-refractivity contribution is 9.10. The summed E-state index contributed by atoms with van der Waals surface area (Å²) < 4.78 is 34.3. The molecule has 1 aromatic heterocycles. The van der Waals surface area contributed by atoms with Gasteiger partial charge in [-0.25, -0.2) is 13.4 Å². The molecule has 1 aromatic carbocycles. The highest BCUT2D eigenvalue weighted by Gasteiger charge is 2.21. The Morgan fingerprint density at radius 2 is 2.12 bits per heavy atom. The number of halogens is 1. The van der Waals surface area contributed by atoms with Crippen molar-refractivity contribution in [3.8, 4) is 5.88 Å². The van der Waals surface area contributed by atoms with E-state index in [-0.39, 0.29) is 4.90 Å². The van der Waals surface area contributed by atoms with Crippen LogP contribution < -0.4 is 9.46 Å². The summed E-state index contributed by atoms with van der Waals surface area (Å²) in [5.74, 6) is 0.707. The van der Waals surface area contributed by atoms with E-state index in [1.807, 2.05) is 0 Å². The lowest BCUT2D eigenvalue weighted by atomic mass is 10.00. The van der Waals surface area contributed by atoms with Crippen molar-refractivity contribution in [1.29, 1.82) is 0 Å². The molecule has 140 valence electrons.